The minimum Gasteiger partial charge on any atom is -0.465 e. The summed E-state index contributed by atoms with van der Waals surface area (Å²) >= 11 is 0. The van der Waals surface area contributed by atoms with Crippen molar-refractivity contribution >= 4 is 39.0 Å². The van der Waals surface area contributed by atoms with Crippen molar-refractivity contribution in [2.24, 2.45) is 0 Å². The maximum absolute atomic E-state index is 12.6. The number of amides is 1. The van der Waals surface area contributed by atoms with Gasteiger partial charge in [-0.3, -0.25) is 19.2 Å². The summed E-state index contributed by atoms with van der Waals surface area (Å²) in [4.78, 5) is 34.4. The third-order valence-electron chi connectivity index (χ3n) is 3.96. The highest BCUT2D eigenvalue weighted by molar-refractivity contribution is 7.92. The Bertz CT molecular complexity index is 1040. The Labute approximate surface area is 167 Å². The van der Waals surface area contributed by atoms with Gasteiger partial charge in [0.05, 0.1) is 29.5 Å². The molecule has 0 fully saturated rings. The molecule has 0 saturated carbocycles. The van der Waals surface area contributed by atoms with E-state index in [9.17, 15) is 28.1 Å². The lowest BCUT2D eigenvalue weighted by molar-refractivity contribution is -0.384. The van der Waals surface area contributed by atoms with E-state index >= 15 is 0 Å². The number of rotatable bonds is 7. The molecule has 0 aliphatic rings. The van der Waals surface area contributed by atoms with Gasteiger partial charge in [-0.15, -0.1) is 0 Å². The summed E-state index contributed by atoms with van der Waals surface area (Å²) in [5, 5.41) is 13.5. The molecule has 2 aromatic carbocycles. The average Bonchev–Trinajstić information content (AvgIpc) is 2.67. The van der Waals surface area contributed by atoms with Crippen molar-refractivity contribution < 1.29 is 27.7 Å². The number of anilines is 2. The van der Waals surface area contributed by atoms with Crippen molar-refractivity contribution in [1.29, 1.82) is 0 Å². The Morgan fingerprint density at radius 1 is 1.17 bits per heavy atom. The highest BCUT2D eigenvalue weighted by Crippen LogP contribution is 2.25. The second-order valence-corrected chi connectivity index (χ2v) is 7.93. The van der Waals surface area contributed by atoms with Crippen LogP contribution in [0.25, 0.3) is 0 Å². The van der Waals surface area contributed by atoms with Gasteiger partial charge >= 0.3 is 5.97 Å². The Hall–Kier alpha value is -3.47. The van der Waals surface area contributed by atoms with Gasteiger partial charge in [0.25, 0.3) is 5.69 Å². The summed E-state index contributed by atoms with van der Waals surface area (Å²) in [6, 6.07) is 9.62. The van der Waals surface area contributed by atoms with Gasteiger partial charge in [0.2, 0.25) is 15.9 Å². The van der Waals surface area contributed by atoms with Crippen molar-refractivity contribution in [3.63, 3.8) is 0 Å². The van der Waals surface area contributed by atoms with E-state index < -0.39 is 32.9 Å². The number of nitrogens with zero attached hydrogens (tertiary/aromatic N) is 2. The van der Waals surface area contributed by atoms with Gasteiger partial charge in [-0.05, 0) is 37.3 Å². The molecule has 1 atom stereocenters. The number of carbonyl (C=O) groups excluding carboxylic acids is 2. The summed E-state index contributed by atoms with van der Waals surface area (Å²) in [6.45, 7) is 1.36. The molecular weight excluding hydrogens is 402 g/mol. The highest BCUT2D eigenvalue weighted by atomic mass is 32.2. The number of non-ortho nitro benzene ring substituents is 1. The largest absolute Gasteiger partial charge is 0.465 e. The van der Waals surface area contributed by atoms with Crippen LogP contribution in [0.5, 0.6) is 0 Å². The fraction of sp³-hybridized carbons (Fsp3) is 0.222. The fourth-order valence-electron chi connectivity index (χ4n) is 2.61. The maximum Gasteiger partial charge on any atom is 0.337 e. The van der Waals surface area contributed by atoms with E-state index in [1.165, 1.54) is 56.5 Å². The predicted octanol–water partition coefficient (Wildman–Crippen LogP) is 2.17. The zero-order chi connectivity index (χ0) is 21.8. The number of carbonyl (C=O) groups is 2. The summed E-state index contributed by atoms with van der Waals surface area (Å²) in [5.74, 6) is -1.20. The van der Waals surface area contributed by atoms with Crippen LogP contribution >= 0.6 is 0 Å². The van der Waals surface area contributed by atoms with E-state index in [0.29, 0.717) is 5.69 Å². The smallest absolute Gasteiger partial charge is 0.337 e. The topological polar surface area (TPSA) is 136 Å². The number of nitrogens with one attached hydrogen (secondary N) is 1. The van der Waals surface area contributed by atoms with Crippen LogP contribution in [0.3, 0.4) is 0 Å². The molecule has 2 rings (SSSR count). The Kier molecular flexibility index (Phi) is 6.54. The first-order chi connectivity index (χ1) is 13.5. The van der Waals surface area contributed by atoms with E-state index in [4.69, 9.17) is 0 Å². The summed E-state index contributed by atoms with van der Waals surface area (Å²) in [7, 11) is -2.69. The average molecular weight is 421 g/mol. The Balaban J connectivity index is 2.29. The van der Waals surface area contributed by atoms with Crippen molar-refractivity contribution in [3.8, 4) is 0 Å². The van der Waals surface area contributed by atoms with Crippen molar-refractivity contribution in [2.75, 3.05) is 23.0 Å². The quantitative estimate of drug-likeness (QED) is 0.411. The molecule has 1 amide bonds. The number of hydrogen-bond acceptors (Lipinski definition) is 7. The molecule has 0 heterocycles. The predicted molar refractivity (Wildman–Crippen MR) is 106 cm³/mol. The lowest BCUT2D eigenvalue weighted by Gasteiger charge is -2.28. The van der Waals surface area contributed by atoms with Gasteiger partial charge in [0, 0.05) is 17.8 Å². The molecular formula is C18H19N3O7S. The number of ether oxygens (including phenoxy) is 1. The van der Waals surface area contributed by atoms with Crippen molar-refractivity contribution in [3.05, 3.63) is 64.2 Å². The third kappa shape index (κ3) is 5.29. The van der Waals surface area contributed by atoms with Crippen LogP contribution < -0.4 is 9.62 Å². The van der Waals surface area contributed by atoms with Crippen LogP contribution in [-0.4, -0.2) is 44.6 Å². The highest BCUT2D eigenvalue weighted by Gasteiger charge is 2.30. The molecule has 0 aliphatic heterocycles. The molecule has 0 spiro atoms. The van der Waals surface area contributed by atoms with Gasteiger partial charge in [-0.25, -0.2) is 13.2 Å². The number of sulfonamides is 1. The van der Waals surface area contributed by atoms with Crippen LogP contribution in [0.1, 0.15) is 17.3 Å². The van der Waals surface area contributed by atoms with Gasteiger partial charge in [-0.1, -0.05) is 6.07 Å². The third-order valence-corrected chi connectivity index (χ3v) is 5.20. The van der Waals surface area contributed by atoms with Crippen LogP contribution in [-0.2, 0) is 19.6 Å². The number of methoxy groups -OCH3 is 1. The molecule has 10 nitrogen and oxygen atoms in total. The van der Waals surface area contributed by atoms with Crippen LogP contribution in [0, 0.1) is 10.1 Å². The molecule has 11 heteroatoms. The number of esters is 1. The zero-order valence-electron chi connectivity index (χ0n) is 15.9. The normalized spacial score (nSPS) is 12.0. The lowest BCUT2D eigenvalue weighted by Crippen LogP contribution is -2.45. The molecule has 1 N–H and O–H groups in total. The summed E-state index contributed by atoms with van der Waals surface area (Å²) < 4.78 is 30.0. The maximum atomic E-state index is 12.6. The minimum atomic E-state index is -3.93. The molecule has 29 heavy (non-hydrogen) atoms. The van der Waals surface area contributed by atoms with Gasteiger partial charge < -0.3 is 10.1 Å². The number of hydrogen-bond donors (Lipinski definition) is 1. The first-order valence-electron chi connectivity index (χ1n) is 8.27. The molecule has 0 bridgehead atoms. The number of nitro groups is 1. The first kappa shape index (κ1) is 21.8. The SMILES string of the molecule is COC(=O)c1ccc(NC(=O)[C@@H](C)N(c2cccc([N+](=O)[O-])c2)S(C)(=O)=O)cc1. The zero-order valence-corrected chi connectivity index (χ0v) is 16.7. The van der Waals surface area contributed by atoms with E-state index in [1.807, 2.05) is 0 Å². The fourth-order valence-corrected chi connectivity index (χ4v) is 3.77. The molecule has 0 unspecified atom stereocenters. The molecule has 2 aromatic rings. The molecule has 0 aliphatic carbocycles. The molecule has 0 saturated heterocycles. The van der Waals surface area contributed by atoms with Crippen LogP contribution in [0.2, 0.25) is 0 Å². The van der Waals surface area contributed by atoms with Gasteiger partial charge in [0.1, 0.15) is 6.04 Å². The monoisotopic (exact) mass is 421 g/mol. The van der Waals surface area contributed by atoms with E-state index in [0.717, 1.165) is 16.6 Å². The van der Waals surface area contributed by atoms with E-state index in [2.05, 4.69) is 10.1 Å². The minimum absolute atomic E-state index is 0.00890. The molecule has 0 radical (unpaired) electrons. The Morgan fingerprint density at radius 3 is 2.31 bits per heavy atom. The van der Waals surface area contributed by atoms with Crippen LogP contribution in [0.15, 0.2) is 48.5 Å². The van der Waals surface area contributed by atoms with Gasteiger partial charge in [0.15, 0.2) is 0 Å². The number of nitro benzene ring substituents is 1. The van der Waals surface area contributed by atoms with E-state index in [1.54, 1.807) is 0 Å². The standard InChI is InChI=1S/C18H19N3O7S/c1-12(17(22)19-14-9-7-13(8-10-14)18(23)28-2)20(29(3,26)27)15-5-4-6-16(11-15)21(24)25/h4-12H,1-3H3,(H,19,22)/t12-/m1/s1. The van der Waals surface area contributed by atoms with Crippen LogP contribution in [0.4, 0.5) is 17.1 Å². The summed E-state index contributed by atoms with van der Waals surface area (Å²) in [6.07, 6.45) is 0.904. The Morgan fingerprint density at radius 2 is 1.79 bits per heavy atom. The van der Waals surface area contributed by atoms with Gasteiger partial charge in [-0.2, -0.15) is 0 Å². The first-order valence-corrected chi connectivity index (χ1v) is 10.1. The van der Waals surface area contributed by atoms with E-state index in [-0.39, 0.29) is 16.9 Å². The second-order valence-electron chi connectivity index (χ2n) is 6.07. The van der Waals surface area contributed by atoms with Crippen molar-refractivity contribution in [2.45, 2.75) is 13.0 Å². The molecule has 154 valence electrons. The summed E-state index contributed by atoms with van der Waals surface area (Å²) in [5.41, 5.74) is 0.308. The number of benzene rings is 2. The lowest BCUT2D eigenvalue weighted by atomic mass is 10.2. The van der Waals surface area contributed by atoms with Crippen molar-refractivity contribution in [1.82, 2.24) is 0 Å². The second kappa shape index (κ2) is 8.69. The molecule has 0 aromatic heterocycles.